The molecule has 1 aromatic carbocycles. The van der Waals surface area contributed by atoms with Gasteiger partial charge >= 0.3 is 0 Å². The molecule has 33 heavy (non-hydrogen) atoms. The van der Waals surface area contributed by atoms with Crippen molar-refractivity contribution >= 4 is 28.5 Å². The number of nitrogens with two attached hydrogens (primary N) is 1. The maximum absolute atomic E-state index is 14.9. The van der Waals surface area contributed by atoms with E-state index in [9.17, 15) is 9.18 Å². The van der Waals surface area contributed by atoms with Crippen LogP contribution in [0.5, 0.6) is 5.88 Å². The Morgan fingerprint density at radius 1 is 1.39 bits per heavy atom. The number of aliphatic imine (C=N–C) groups is 1. The van der Waals surface area contributed by atoms with Crippen molar-refractivity contribution in [1.82, 2.24) is 9.97 Å². The summed E-state index contributed by atoms with van der Waals surface area (Å²) in [4.78, 5) is 25.3. The number of rotatable bonds is 7. The van der Waals surface area contributed by atoms with Crippen LogP contribution >= 0.6 is 11.8 Å². The first-order valence-corrected chi connectivity index (χ1v) is 11.0. The van der Waals surface area contributed by atoms with Crippen LogP contribution in [0.25, 0.3) is 0 Å². The maximum atomic E-state index is 14.9. The van der Waals surface area contributed by atoms with Crippen LogP contribution in [0.2, 0.25) is 0 Å². The Morgan fingerprint density at radius 2 is 2.15 bits per heavy atom. The van der Waals surface area contributed by atoms with E-state index in [1.165, 1.54) is 36.3 Å². The number of anilines is 1. The fourth-order valence-electron chi connectivity index (χ4n) is 3.78. The first kappa shape index (κ1) is 24.5. The SMILES string of the molecule is C#C[C@H](C)Oc1cnc(C(=O)Nc2ccc(F)c([C@]3(C)C[C@](C)(COC)SC(N)=N3)c2)cn1. The molecule has 1 aliphatic heterocycles. The fraction of sp³-hybridized carbons (Fsp3) is 0.391. The van der Waals surface area contributed by atoms with Crippen molar-refractivity contribution in [2.45, 2.75) is 43.6 Å². The smallest absolute Gasteiger partial charge is 0.275 e. The molecule has 174 valence electrons. The van der Waals surface area contributed by atoms with Gasteiger partial charge in [0.25, 0.3) is 5.91 Å². The summed E-state index contributed by atoms with van der Waals surface area (Å²) in [6, 6.07) is 4.33. The number of terminal acetylenes is 1. The molecule has 2 aromatic rings. The molecule has 0 aliphatic carbocycles. The second-order valence-corrected chi connectivity index (χ2v) is 9.81. The summed E-state index contributed by atoms with van der Waals surface area (Å²) in [5, 5.41) is 3.08. The number of carbonyl (C=O) groups excluding carboxylic acids is 1. The number of hydrogen-bond donors (Lipinski definition) is 2. The Labute approximate surface area is 196 Å². The van der Waals surface area contributed by atoms with Crippen molar-refractivity contribution in [2.24, 2.45) is 10.7 Å². The standard InChI is InChI=1S/C23H26FN5O3S/c1-6-14(2)32-19-11-26-18(10-27-19)20(30)28-15-7-8-17(24)16(9-15)23(4)12-22(3,13-31-5)33-21(25)29-23/h1,7-11,14H,12-13H2,2-5H3,(H2,25,29)(H,28,30)/t14-,22+,23-/m0/s1. The van der Waals surface area contributed by atoms with Crippen molar-refractivity contribution in [3.8, 4) is 18.2 Å². The number of amides is 1. The van der Waals surface area contributed by atoms with Crippen LogP contribution in [-0.4, -0.2) is 45.6 Å². The molecule has 3 N–H and O–H groups in total. The van der Waals surface area contributed by atoms with Gasteiger partial charge in [-0.05, 0) is 45.4 Å². The van der Waals surface area contributed by atoms with Crippen LogP contribution in [0.4, 0.5) is 10.1 Å². The molecule has 0 saturated heterocycles. The van der Waals surface area contributed by atoms with E-state index in [0.29, 0.717) is 29.4 Å². The lowest BCUT2D eigenvalue weighted by molar-refractivity contribution is 0.102. The molecule has 0 saturated carbocycles. The largest absolute Gasteiger partial charge is 0.460 e. The predicted octanol–water partition coefficient (Wildman–Crippen LogP) is 3.34. The van der Waals surface area contributed by atoms with Crippen LogP contribution in [0.3, 0.4) is 0 Å². The number of halogens is 1. The van der Waals surface area contributed by atoms with Crippen LogP contribution < -0.4 is 15.8 Å². The molecule has 3 atom stereocenters. The molecule has 0 spiro atoms. The van der Waals surface area contributed by atoms with Gasteiger partial charge < -0.3 is 20.5 Å². The van der Waals surface area contributed by atoms with E-state index < -0.39 is 23.4 Å². The first-order valence-electron chi connectivity index (χ1n) is 10.2. The molecule has 1 aliphatic rings. The van der Waals surface area contributed by atoms with Gasteiger partial charge in [-0.1, -0.05) is 17.7 Å². The number of nitrogens with zero attached hydrogens (tertiary/aromatic N) is 3. The predicted molar refractivity (Wildman–Crippen MR) is 127 cm³/mol. The third kappa shape index (κ3) is 5.80. The van der Waals surface area contributed by atoms with E-state index >= 15 is 0 Å². The van der Waals surface area contributed by atoms with Crippen molar-refractivity contribution in [1.29, 1.82) is 0 Å². The van der Waals surface area contributed by atoms with E-state index in [4.69, 9.17) is 21.6 Å². The number of ether oxygens (including phenoxy) is 2. The molecule has 1 amide bonds. The molecule has 2 heterocycles. The van der Waals surface area contributed by atoms with Crippen molar-refractivity contribution < 1.29 is 18.7 Å². The van der Waals surface area contributed by atoms with Gasteiger partial charge in [-0.2, -0.15) is 0 Å². The normalized spacial score (nSPS) is 23.2. The molecule has 8 nitrogen and oxygen atoms in total. The minimum absolute atomic E-state index is 0.0665. The molecule has 0 radical (unpaired) electrons. The summed E-state index contributed by atoms with van der Waals surface area (Å²) < 4.78 is 25.2. The summed E-state index contributed by atoms with van der Waals surface area (Å²) in [5.74, 6) is 1.67. The second-order valence-electron chi connectivity index (χ2n) is 8.20. The number of nitrogens with one attached hydrogen (secondary N) is 1. The Hall–Kier alpha value is -3.16. The zero-order valence-corrected chi connectivity index (χ0v) is 19.7. The highest BCUT2D eigenvalue weighted by atomic mass is 32.2. The van der Waals surface area contributed by atoms with Crippen LogP contribution in [0, 0.1) is 18.2 Å². The summed E-state index contributed by atoms with van der Waals surface area (Å²) in [7, 11) is 1.61. The third-order valence-electron chi connectivity index (χ3n) is 5.07. The molecule has 10 heteroatoms. The highest BCUT2D eigenvalue weighted by Gasteiger charge is 2.43. The summed E-state index contributed by atoms with van der Waals surface area (Å²) in [6.45, 7) is 5.94. The zero-order valence-electron chi connectivity index (χ0n) is 18.9. The molecule has 0 bridgehead atoms. The Balaban J connectivity index is 1.82. The minimum atomic E-state index is -0.931. The molecular weight excluding hydrogens is 445 g/mol. The summed E-state index contributed by atoms with van der Waals surface area (Å²) in [6.07, 6.45) is 7.88. The van der Waals surface area contributed by atoms with Gasteiger partial charge in [0.05, 0.1) is 24.5 Å². The van der Waals surface area contributed by atoms with Gasteiger partial charge in [0.1, 0.15) is 11.5 Å². The summed E-state index contributed by atoms with van der Waals surface area (Å²) in [5.41, 5.74) is 5.93. The van der Waals surface area contributed by atoms with E-state index in [1.807, 2.05) is 13.8 Å². The lowest BCUT2D eigenvalue weighted by atomic mass is 9.83. The lowest BCUT2D eigenvalue weighted by Crippen LogP contribution is -2.43. The Kier molecular flexibility index (Phi) is 7.25. The molecule has 0 unspecified atom stereocenters. The summed E-state index contributed by atoms with van der Waals surface area (Å²) >= 11 is 1.41. The highest BCUT2D eigenvalue weighted by molar-refractivity contribution is 8.15. The Bertz CT molecular complexity index is 1100. The van der Waals surface area contributed by atoms with Gasteiger partial charge in [-0.15, -0.1) is 6.42 Å². The Morgan fingerprint density at radius 3 is 2.79 bits per heavy atom. The molecular formula is C23H26FN5O3S. The van der Waals surface area contributed by atoms with Gasteiger partial charge in [0.15, 0.2) is 11.3 Å². The molecule has 1 aromatic heterocycles. The quantitative estimate of drug-likeness (QED) is 0.596. The minimum Gasteiger partial charge on any atom is -0.460 e. The van der Waals surface area contributed by atoms with Gasteiger partial charge in [0, 0.05) is 23.1 Å². The van der Waals surface area contributed by atoms with Gasteiger partial charge in [-0.3, -0.25) is 9.79 Å². The van der Waals surface area contributed by atoms with Crippen LogP contribution in [-0.2, 0) is 10.3 Å². The highest BCUT2D eigenvalue weighted by Crippen LogP contribution is 2.46. The van der Waals surface area contributed by atoms with Crippen molar-refractivity contribution in [3.05, 3.63) is 47.7 Å². The number of methoxy groups -OCH3 is 1. The average Bonchev–Trinajstić information content (AvgIpc) is 2.74. The number of carbonyl (C=O) groups is 1. The average molecular weight is 472 g/mol. The van der Waals surface area contributed by atoms with E-state index in [0.717, 1.165) is 0 Å². The van der Waals surface area contributed by atoms with Crippen LogP contribution in [0.15, 0.2) is 35.6 Å². The van der Waals surface area contributed by atoms with Crippen LogP contribution in [0.1, 0.15) is 43.2 Å². The van der Waals surface area contributed by atoms with E-state index in [1.54, 1.807) is 20.1 Å². The first-order chi connectivity index (χ1) is 15.6. The van der Waals surface area contributed by atoms with Gasteiger partial charge in [0.2, 0.25) is 5.88 Å². The second kappa shape index (κ2) is 9.77. The molecule has 3 rings (SSSR count). The zero-order chi connectivity index (χ0) is 24.2. The maximum Gasteiger partial charge on any atom is 0.275 e. The number of hydrogen-bond acceptors (Lipinski definition) is 8. The molecule has 0 fully saturated rings. The lowest BCUT2D eigenvalue weighted by Gasteiger charge is -2.41. The number of thioether (sulfide) groups is 1. The number of amidine groups is 1. The van der Waals surface area contributed by atoms with Crippen molar-refractivity contribution in [3.63, 3.8) is 0 Å². The number of aromatic nitrogens is 2. The van der Waals surface area contributed by atoms with E-state index in [2.05, 4.69) is 26.2 Å². The topological polar surface area (TPSA) is 112 Å². The van der Waals surface area contributed by atoms with E-state index in [-0.39, 0.29) is 16.3 Å². The third-order valence-corrected chi connectivity index (χ3v) is 6.13. The van der Waals surface area contributed by atoms with Crippen molar-refractivity contribution in [2.75, 3.05) is 19.0 Å². The fourth-order valence-corrected chi connectivity index (χ4v) is 5.07. The van der Waals surface area contributed by atoms with Gasteiger partial charge in [-0.25, -0.2) is 14.4 Å². The monoisotopic (exact) mass is 471 g/mol. The number of benzene rings is 1.